The number of phenolic OH excluding ortho intramolecular Hbond substituents is 1. The molecular formula is C21H24N2O4. The van der Waals surface area contributed by atoms with E-state index >= 15 is 0 Å². The van der Waals surface area contributed by atoms with Crippen LogP contribution in [0.1, 0.15) is 25.3 Å². The summed E-state index contributed by atoms with van der Waals surface area (Å²) in [5, 5.41) is 12.2. The van der Waals surface area contributed by atoms with Crippen LogP contribution >= 0.6 is 0 Å². The number of hydrogen-bond acceptors (Lipinski definition) is 4. The van der Waals surface area contributed by atoms with E-state index in [1.807, 2.05) is 43.3 Å². The van der Waals surface area contributed by atoms with Crippen LogP contribution in [-0.4, -0.2) is 36.1 Å². The molecule has 2 amide bonds. The lowest BCUT2D eigenvalue weighted by atomic mass is 10.1. The molecule has 0 spiro atoms. The Morgan fingerprint density at radius 3 is 2.67 bits per heavy atom. The van der Waals surface area contributed by atoms with Crippen LogP contribution in [0, 0.1) is 0 Å². The number of carbonyl (C=O) groups excluding carboxylic acids is 2. The van der Waals surface area contributed by atoms with Crippen molar-refractivity contribution in [2.75, 3.05) is 18.0 Å². The predicted octanol–water partition coefficient (Wildman–Crippen LogP) is 2.65. The quantitative estimate of drug-likeness (QED) is 0.787. The molecule has 27 heavy (non-hydrogen) atoms. The van der Waals surface area contributed by atoms with Crippen LogP contribution in [0.2, 0.25) is 0 Å². The number of carbonyl (C=O) groups is 2. The Morgan fingerprint density at radius 2 is 1.93 bits per heavy atom. The first kappa shape index (κ1) is 18.8. The summed E-state index contributed by atoms with van der Waals surface area (Å²) in [4.78, 5) is 26.4. The van der Waals surface area contributed by atoms with Crippen molar-refractivity contribution < 1.29 is 19.4 Å². The normalized spacial score (nSPS) is 15.8. The van der Waals surface area contributed by atoms with Gasteiger partial charge in [-0.1, -0.05) is 31.2 Å². The SMILES string of the molecule is CCC1Oc2ccccc2N(CCC(=O)NCCc2ccc(O)cc2)C1=O. The fraction of sp³-hybridized carbons (Fsp3) is 0.333. The fourth-order valence-corrected chi connectivity index (χ4v) is 3.08. The third-order valence-electron chi connectivity index (χ3n) is 4.57. The van der Waals surface area contributed by atoms with Gasteiger partial charge in [-0.05, 0) is 42.7 Å². The second-order valence-electron chi connectivity index (χ2n) is 6.49. The summed E-state index contributed by atoms with van der Waals surface area (Å²) >= 11 is 0. The van der Waals surface area contributed by atoms with Gasteiger partial charge in [-0.25, -0.2) is 0 Å². The van der Waals surface area contributed by atoms with Crippen LogP contribution in [0.4, 0.5) is 5.69 Å². The molecule has 2 N–H and O–H groups in total. The Labute approximate surface area is 158 Å². The topological polar surface area (TPSA) is 78.9 Å². The number of aromatic hydroxyl groups is 1. The first-order valence-electron chi connectivity index (χ1n) is 9.20. The van der Waals surface area contributed by atoms with E-state index in [0.29, 0.717) is 37.4 Å². The van der Waals surface area contributed by atoms with Gasteiger partial charge in [0.25, 0.3) is 5.91 Å². The Hall–Kier alpha value is -3.02. The average Bonchev–Trinajstić information content (AvgIpc) is 2.68. The molecule has 3 rings (SSSR count). The highest BCUT2D eigenvalue weighted by atomic mass is 16.5. The minimum Gasteiger partial charge on any atom is -0.508 e. The van der Waals surface area contributed by atoms with Gasteiger partial charge in [0.2, 0.25) is 5.91 Å². The number of nitrogens with zero attached hydrogens (tertiary/aromatic N) is 1. The van der Waals surface area contributed by atoms with Crippen LogP contribution in [0.25, 0.3) is 0 Å². The standard InChI is InChI=1S/C21H24N2O4/c1-2-18-21(26)23(17-5-3-4-6-19(17)27-18)14-12-20(25)22-13-11-15-7-9-16(24)10-8-15/h3-10,18,24H,2,11-14H2,1H3,(H,22,25). The van der Waals surface area contributed by atoms with E-state index < -0.39 is 6.10 Å². The predicted molar refractivity (Wildman–Crippen MR) is 103 cm³/mol. The van der Waals surface area contributed by atoms with E-state index in [1.165, 1.54) is 0 Å². The lowest BCUT2D eigenvalue weighted by Crippen LogP contribution is -2.46. The van der Waals surface area contributed by atoms with Crippen molar-refractivity contribution >= 4 is 17.5 Å². The van der Waals surface area contributed by atoms with Crippen molar-refractivity contribution in [3.05, 3.63) is 54.1 Å². The molecule has 1 aliphatic rings. The molecule has 6 heteroatoms. The smallest absolute Gasteiger partial charge is 0.268 e. The van der Waals surface area contributed by atoms with E-state index in [-0.39, 0.29) is 24.0 Å². The van der Waals surface area contributed by atoms with Crippen LogP contribution in [-0.2, 0) is 16.0 Å². The number of anilines is 1. The summed E-state index contributed by atoms with van der Waals surface area (Å²) in [7, 11) is 0. The van der Waals surface area contributed by atoms with E-state index in [4.69, 9.17) is 4.74 Å². The molecule has 1 heterocycles. The maximum atomic E-state index is 12.6. The lowest BCUT2D eigenvalue weighted by molar-refractivity contribution is -0.126. The number of rotatable bonds is 7. The van der Waals surface area contributed by atoms with E-state index in [9.17, 15) is 14.7 Å². The van der Waals surface area contributed by atoms with Gasteiger partial charge in [0, 0.05) is 19.5 Å². The highest BCUT2D eigenvalue weighted by Gasteiger charge is 2.32. The minimum atomic E-state index is -0.502. The molecule has 0 aliphatic carbocycles. The first-order valence-corrected chi connectivity index (χ1v) is 9.20. The Morgan fingerprint density at radius 1 is 1.19 bits per heavy atom. The molecule has 6 nitrogen and oxygen atoms in total. The van der Waals surface area contributed by atoms with Gasteiger partial charge in [-0.3, -0.25) is 9.59 Å². The summed E-state index contributed by atoms with van der Waals surface area (Å²) in [5.41, 5.74) is 1.75. The number of benzene rings is 2. The third kappa shape index (κ3) is 4.58. The van der Waals surface area contributed by atoms with Gasteiger partial charge in [-0.15, -0.1) is 0 Å². The monoisotopic (exact) mass is 368 g/mol. The van der Waals surface area contributed by atoms with E-state index in [2.05, 4.69) is 5.32 Å². The summed E-state index contributed by atoms with van der Waals surface area (Å²) in [6.07, 6.45) is 0.995. The number of para-hydroxylation sites is 2. The largest absolute Gasteiger partial charge is 0.508 e. The fourth-order valence-electron chi connectivity index (χ4n) is 3.08. The molecule has 0 saturated carbocycles. The summed E-state index contributed by atoms with van der Waals surface area (Å²) in [6.45, 7) is 2.74. The van der Waals surface area contributed by atoms with Gasteiger partial charge in [0.15, 0.2) is 6.10 Å². The van der Waals surface area contributed by atoms with Crippen molar-refractivity contribution in [3.63, 3.8) is 0 Å². The number of ether oxygens (including phenoxy) is 1. The summed E-state index contributed by atoms with van der Waals surface area (Å²) in [6, 6.07) is 14.3. The molecule has 0 saturated heterocycles. The van der Waals surface area contributed by atoms with Gasteiger partial charge in [-0.2, -0.15) is 0 Å². The summed E-state index contributed by atoms with van der Waals surface area (Å²) < 4.78 is 5.74. The van der Waals surface area contributed by atoms with Crippen molar-refractivity contribution in [1.82, 2.24) is 5.32 Å². The zero-order valence-corrected chi connectivity index (χ0v) is 15.4. The number of phenols is 1. The van der Waals surface area contributed by atoms with E-state index in [1.54, 1.807) is 17.0 Å². The van der Waals surface area contributed by atoms with Crippen molar-refractivity contribution in [3.8, 4) is 11.5 Å². The third-order valence-corrected chi connectivity index (χ3v) is 4.57. The molecule has 0 bridgehead atoms. The lowest BCUT2D eigenvalue weighted by Gasteiger charge is -2.33. The Balaban J connectivity index is 1.53. The Bertz CT molecular complexity index is 804. The van der Waals surface area contributed by atoms with Gasteiger partial charge in [0.05, 0.1) is 5.69 Å². The van der Waals surface area contributed by atoms with Gasteiger partial charge >= 0.3 is 0 Å². The molecular weight excluding hydrogens is 344 g/mol. The van der Waals surface area contributed by atoms with Crippen LogP contribution in [0.3, 0.4) is 0 Å². The molecule has 2 aromatic rings. The highest BCUT2D eigenvalue weighted by Crippen LogP contribution is 2.34. The molecule has 0 fully saturated rings. The maximum absolute atomic E-state index is 12.6. The molecule has 2 aromatic carbocycles. The molecule has 1 unspecified atom stereocenters. The second-order valence-corrected chi connectivity index (χ2v) is 6.49. The Kier molecular flexibility index (Phi) is 5.96. The van der Waals surface area contributed by atoms with Crippen LogP contribution < -0.4 is 15.0 Å². The first-order chi connectivity index (χ1) is 13.1. The number of fused-ring (bicyclic) bond motifs is 1. The number of nitrogens with one attached hydrogen (secondary N) is 1. The number of amides is 2. The van der Waals surface area contributed by atoms with Crippen molar-refractivity contribution in [2.45, 2.75) is 32.3 Å². The zero-order valence-electron chi connectivity index (χ0n) is 15.4. The van der Waals surface area contributed by atoms with E-state index in [0.717, 1.165) is 5.56 Å². The molecule has 1 atom stereocenters. The van der Waals surface area contributed by atoms with Crippen LogP contribution in [0.15, 0.2) is 48.5 Å². The summed E-state index contributed by atoms with van der Waals surface area (Å²) in [5.74, 6) is 0.701. The molecule has 0 radical (unpaired) electrons. The van der Waals surface area contributed by atoms with Gasteiger partial charge < -0.3 is 20.1 Å². The number of hydrogen-bond donors (Lipinski definition) is 2. The van der Waals surface area contributed by atoms with Gasteiger partial charge in [0.1, 0.15) is 11.5 Å². The average molecular weight is 368 g/mol. The molecule has 1 aliphatic heterocycles. The zero-order chi connectivity index (χ0) is 19.2. The van der Waals surface area contributed by atoms with Crippen LogP contribution in [0.5, 0.6) is 11.5 Å². The maximum Gasteiger partial charge on any atom is 0.268 e. The second kappa shape index (κ2) is 8.58. The van der Waals surface area contributed by atoms with Crippen molar-refractivity contribution in [2.24, 2.45) is 0 Å². The highest BCUT2D eigenvalue weighted by molar-refractivity contribution is 6.00. The van der Waals surface area contributed by atoms with Crippen molar-refractivity contribution in [1.29, 1.82) is 0 Å². The molecule has 0 aromatic heterocycles. The minimum absolute atomic E-state index is 0.0985. The molecule has 142 valence electrons.